The van der Waals surface area contributed by atoms with Gasteiger partial charge in [0.1, 0.15) is 5.82 Å². The summed E-state index contributed by atoms with van der Waals surface area (Å²) in [7, 11) is 1.35. The first kappa shape index (κ1) is 14.8. The van der Waals surface area contributed by atoms with Crippen molar-refractivity contribution in [2.75, 3.05) is 7.11 Å². The summed E-state index contributed by atoms with van der Waals surface area (Å²) in [5.41, 5.74) is 0.305. The summed E-state index contributed by atoms with van der Waals surface area (Å²) in [5, 5.41) is 8.90. The van der Waals surface area contributed by atoms with E-state index in [4.69, 9.17) is 26.3 Å². The van der Waals surface area contributed by atoms with Gasteiger partial charge in [0.15, 0.2) is 11.5 Å². The standard InChI is InChI=1S/C15H9ClFNO3/c1-20-13-6-9(8-18)5-12(16)14(13)21-15(19)10-3-2-4-11(17)7-10/h2-7H,1H3. The second-order valence-electron chi connectivity index (χ2n) is 4.00. The molecule has 0 saturated heterocycles. The van der Waals surface area contributed by atoms with E-state index in [1.807, 2.05) is 6.07 Å². The number of carbonyl (C=O) groups is 1. The van der Waals surface area contributed by atoms with E-state index in [1.54, 1.807) is 0 Å². The van der Waals surface area contributed by atoms with E-state index in [0.717, 1.165) is 6.07 Å². The Morgan fingerprint density at radius 2 is 2.10 bits per heavy atom. The predicted molar refractivity (Wildman–Crippen MR) is 74.1 cm³/mol. The Bertz CT molecular complexity index is 740. The molecule has 0 aliphatic rings. The number of hydrogen-bond donors (Lipinski definition) is 0. The van der Waals surface area contributed by atoms with Gasteiger partial charge in [-0.2, -0.15) is 5.26 Å². The molecule has 2 aromatic rings. The maximum Gasteiger partial charge on any atom is 0.343 e. The number of carbonyl (C=O) groups excluding carboxylic acids is 1. The molecule has 0 amide bonds. The number of methoxy groups -OCH3 is 1. The molecule has 21 heavy (non-hydrogen) atoms. The largest absolute Gasteiger partial charge is 0.493 e. The van der Waals surface area contributed by atoms with Crippen molar-refractivity contribution >= 4 is 17.6 Å². The normalized spacial score (nSPS) is 9.81. The maximum absolute atomic E-state index is 13.1. The SMILES string of the molecule is COc1cc(C#N)cc(Cl)c1OC(=O)c1cccc(F)c1. The summed E-state index contributed by atoms with van der Waals surface area (Å²) in [5.74, 6) is -1.21. The second-order valence-corrected chi connectivity index (χ2v) is 4.41. The van der Waals surface area contributed by atoms with Crippen LogP contribution in [0.25, 0.3) is 0 Å². The molecule has 0 N–H and O–H groups in total. The second kappa shape index (κ2) is 6.25. The van der Waals surface area contributed by atoms with E-state index in [0.29, 0.717) is 0 Å². The minimum absolute atomic E-state index is 0.0209. The average Bonchev–Trinajstić information content (AvgIpc) is 2.48. The van der Waals surface area contributed by atoms with Crippen molar-refractivity contribution in [2.24, 2.45) is 0 Å². The Morgan fingerprint density at radius 1 is 1.33 bits per heavy atom. The van der Waals surface area contributed by atoms with Gasteiger partial charge in [-0.3, -0.25) is 0 Å². The third kappa shape index (κ3) is 3.30. The molecule has 0 aliphatic carbocycles. The summed E-state index contributed by atoms with van der Waals surface area (Å²) in [4.78, 5) is 12.0. The Kier molecular flexibility index (Phi) is 4.41. The van der Waals surface area contributed by atoms with Gasteiger partial charge in [-0.25, -0.2) is 9.18 Å². The molecule has 0 unspecified atom stereocenters. The van der Waals surface area contributed by atoms with E-state index in [1.165, 1.54) is 37.4 Å². The molecule has 0 aliphatic heterocycles. The lowest BCUT2D eigenvalue weighted by Crippen LogP contribution is -2.10. The smallest absolute Gasteiger partial charge is 0.343 e. The highest BCUT2D eigenvalue weighted by Crippen LogP contribution is 2.36. The third-order valence-corrected chi connectivity index (χ3v) is 2.89. The van der Waals surface area contributed by atoms with Crippen LogP contribution in [0.4, 0.5) is 4.39 Å². The molecule has 6 heteroatoms. The van der Waals surface area contributed by atoms with E-state index in [9.17, 15) is 9.18 Å². The number of hydrogen-bond acceptors (Lipinski definition) is 4. The topological polar surface area (TPSA) is 59.3 Å². The Morgan fingerprint density at radius 3 is 2.71 bits per heavy atom. The molecule has 0 spiro atoms. The molecule has 2 rings (SSSR count). The molecule has 4 nitrogen and oxygen atoms in total. The predicted octanol–water partition coefficient (Wildman–Crippen LogP) is 3.58. The first-order valence-electron chi connectivity index (χ1n) is 5.80. The van der Waals surface area contributed by atoms with Crippen molar-refractivity contribution in [1.29, 1.82) is 5.26 Å². The molecular formula is C15H9ClFNO3. The van der Waals surface area contributed by atoms with Crippen molar-refractivity contribution in [1.82, 2.24) is 0 Å². The lowest BCUT2D eigenvalue weighted by atomic mass is 10.2. The van der Waals surface area contributed by atoms with Crippen LogP contribution in [-0.4, -0.2) is 13.1 Å². The zero-order valence-electron chi connectivity index (χ0n) is 10.9. The number of ether oxygens (including phenoxy) is 2. The van der Waals surface area contributed by atoms with Crippen molar-refractivity contribution in [3.8, 4) is 17.6 Å². The zero-order chi connectivity index (χ0) is 15.4. The van der Waals surface area contributed by atoms with Gasteiger partial charge >= 0.3 is 5.97 Å². The molecule has 0 saturated carbocycles. The Labute approximate surface area is 125 Å². The van der Waals surface area contributed by atoms with Gasteiger partial charge in [0, 0.05) is 6.07 Å². The van der Waals surface area contributed by atoms with Gasteiger partial charge in [0.25, 0.3) is 0 Å². The van der Waals surface area contributed by atoms with Crippen LogP contribution in [0.15, 0.2) is 36.4 Å². The van der Waals surface area contributed by atoms with Crippen LogP contribution >= 0.6 is 11.6 Å². The lowest BCUT2D eigenvalue weighted by Gasteiger charge is -2.11. The summed E-state index contributed by atoms with van der Waals surface area (Å²) >= 11 is 5.97. The molecule has 0 atom stereocenters. The van der Waals surface area contributed by atoms with Crippen molar-refractivity contribution < 1.29 is 18.7 Å². The minimum Gasteiger partial charge on any atom is -0.493 e. The fraction of sp³-hybridized carbons (Fsp3) is 0.0667. The first-order chi connectivity index (χ1) is 10.0. The third-order valence-electron chi connectivity index (χ3n) is 2.61. The fourth-order valence-electron chi connectivity index (χ4n) is 1.65. The molecule has 0 radical (unpaired) electrons. The highest BCUT2D eigenvalue weighted by Gasteiger charge is 2.17. The number of esters is 1. The van der Waals surface area contributed by atoms with Crippen molar-refractivity contribution in [2.45, 2.75) is 0 Å². The Hall–Kier alpha value is -2.58. The van der Waals surface area contributed by atoms with Crippen molar-refractivity contribution in [3.05, 3.63) is 58.4 Å². The Balaban J connectivity index is 2.35. The molecule has 0 fully saturated rings. The van der Waals surface area contributed by atoms with Crippen LogP contribution in [0.3, 0.4) is 0 Å². The summed E-state index contributed by atoms with van der Waals surface area (Å²) in [6, 6.07) is 9.71. The van der Waals surface area contributed by atoms with Crippen LogP contribution in [0, 0.1) is 17.1 Å². The van der Waals surface area contributed by atoms with Crippen molar-refractivity contribution in [3.63, 3.8) is 0 Å². The average molecular weight is 306 g/mol. The highest BCUT2D eigenvalue weighted by molar-refractivity contribution is 6.32. The summed E-state index contributed by atoms with van der Waals surface area (Å²) in [6.07, 6.45) is 0. The van der Waals surface area contributed by atoms with Gasteiger partial charge in [-0.05, 0) is 24.3 Å². The van der Waals surface area contributed by atoms with Gasteiger partial charge in [-0.15, -0.1) is 0 Å². The number of nitriles is 1. The molecule has 106 valence electrons. The zero-order valence-corrected chi connectivity index (χ0v) is 11.6. The van der Waals surface area contributed by atoms with Gasteiger partial charge in [0.05, 0.1) is 29.3 Å². The number of halogens is 2. The first-order valence-corrected chi connectivity index (χ1v) is 6.18. The van der Waals surface area contributed by atoms with Crippen LogP contribution in [-0.2, 0) is 0 Å². The van der Waals surface area contributed by atoms with Crippen LogP contribution in [0.1, 0.15) is 15.9 Å². The number of rotatable bonds is 3. The van der Waals surface area contributed by atoms with Gasteiger partial charge in [-0.1, -0.05) is 17.7 Å². The monoisotopic (exact) mass is 305 g/mol. The van der Waals surface area contributed by atoms with E-state index in [-0.39, 0.29) is 27.6 Å². The van der Waals surface area contributed by atoms with E-state index >= 15 is 0 Å². The fourth-order valence-corrected chi connectivity index (χ4v) is 1.90. The summed E-state index contributed by atoms with van der Waals surface area (Å²) < 4.78 is 23.3. The maximum atomic E-state index is 13.1. The van der Waals surface area contributed by atoms with Crippen LogP contribution < -0.4 is 9.47 Å². The molecule has 2 aromatic carbocycles. The highest BCUT2D eigenvalue weighted by atomic mass is 35.5. The van der Waals surface area contributed by atoms with E-state index in [2.05, 4.69) is 0 Å². The number of nitrogens with zero attached hydrogens (tertiary/aromatic N) is 1. The lowest BCUT2D eigenvalue weighted by molar-refractivity contribution is 0.0729. The molecule has 0 aromatic heterocycles. The van der Waals surface area contributed by atoms with Gasteiger partial charge < -0.3 is 9.47 Å². The molecule has 0 bridgehead atoms. The quantitative estimate of drug-likeness (QED) is 0.642. The number of benzene rings is 2. The summed E-state index contributed by atoms with van der Waals surface area (Å²) in [6.45, 7) is 0. The van der Waals surface area contributed by atoms with Crippen LogP contribution in [0.2, 0.25) is 5.02 Å². The molecule has 0 heterocycles. The van der Waals surface area contributed by atoms with Crippen LogP contribution in [0.5, 0.6) is 11.5 Å². The van der Waals surface area contributed by atoms with Gasteiger partial charge in [0.2, 0.25) is 0 Å². The molecular weight excluding hydrogens is 297 g/mol. The van der Waals surface area contributed by atoms with E-state index < -0.39 is 11.8 Å². The minimum atomic E-state index is -0.778.